The van der Waals surface area contributed by atoms with Crippen molar-refractivity contribution >= 4 is 18.3 Å². The third-order valence-corrected chi connectivity index (χ3v) is 5.57. The van der Waals surface area contributed by atoms with Crippen LogP contribution in [0.1, 0.15) is 45.4 Å². The molecule has 0 spiro atoms. The molecule has 2 aliphatic carbocycles. The second-order valence-corrected chi connectivity index (χ2v) is 6.78. The molecule has 5 heteroatoms. The Morgan fingerprint density at radius 1 is 1.20 bits per heavy atom. The first-order chi connectivity index (χ1) is 9.15. The molecule has 1 saturated heterocycles. The molecule has 3 fully saturated rings. The highest BCUT2D eigenvalue weighted by molar-refractivity contribution is 5.85. The van der Waals surface area contributed by atoms with Crippen LogP contribution >= 0.6 is 12.4 Å². The van der Waals surface area contributed by atoms with Gasteiger partial charge >= 0.3 is 0 Å². The molecule has 2 saturated carbocycles. The van der Waals surface area contributed by atoms with Crippen molar-refractivity contribution in [2.45, 2.75) is 63.6 Å². The van der Waals surface area contributed by atoms with Crippen LogP contribution in [0.2, 0.25) is 0 Å². The van der Waals surface area contributed by atoms with Gasteiger partial charge in [-0.1, -0.05) is 12.8 Å². The molecule has 0 aromatic heterocycles. The maximum absolute atomic E-state index is 12.3. The third-order valence-electron chi connectivity index (χ3n) is 5.57. The van der Waals surface area contributed by atoms with E-state index in [9.17, 15) is 4.79 Å². The number of nitrogens with zero attached hydrogens (tertiary/aromatic N) is 1. The van der Waals surface area contributed by atoms with Crippen molar-refractivity contribution in [2.75, 3.05) is 13.1 Å². The van der Waals surface area contributed by atoms with E-state index in [0.29, 0.717) is 18.0 Å². The molecule has 0 bridgehead atoms. The first-order valence-electron chi connectivity index (χ1n) is 7.95. The highest BCUT2D eigenvalue weighted by atomic mass is 35.5. The fraction of sp³-hybridized carbons (Fsp3) is 0.933. The van der Waals surface area contributed by atoms with Gasteiger partial charge in [-0.15, -0.1) is 12.4 Å². The van der Waals surface area contributed by atoms with Gasteiger partial charge in [0.25, 0.3) is 0 Å². The van der Waals surface area contributed by atoms with Crippen LogP contribution in [0.4, 0.5) is 0 Å². The van der Waals surface area contributed by atoms with E-state index in [4.69, 9.17) is 5.73 Å². The maximum atomic E-state index is 12.3. The van der Waals surface area contributed by atoms with Gasteiger partial charge in [0.05, 0.1) is 6.04 Å². The minimum absolute atomic E-state index is 0. The molecule has 0 aromatic carbocycles. The molecule has 3 rings (SSSR count). The fourth-order valence-electron chi connectivity index (χ4n) is 4.22. The number of nitrogens with two attached hydrogens (primary N) is 1. The average molecular weight is 302 g/mol. The second-order valence-electron chi connectivity index (χ2n) is 6.78. The molecule has 4 unspecified atom stereocenters. The van der Waals surface area contributed by atoms with Crippen molar-refractivity contribution in [1.29, 1.82) is 0 Å². The van der Waals surface area contributed by atoms with Crippen LogP contribution < -0.4 is 11.1 Å². The molecule has 3 aliphatic rings. The Bertz CT molecular complexity index is 346. The summed E-state index contributed by atoms with van der Waals surface area (Å²) in [5.41, 5.74) is 6.16. The van der Waals surface area contributed by atoms with Crippen molar-refractivity contribution in [1.82, 2.24) is 10.2 Å². The van der Waals surface area contributed by atoms with E-state index in [1.165, 1.54) is 25.7 Å². The standard InChI is InChI=1S/C15H27N3O.ClH/c1-10(15(19)17-12-4-2-3-5-12)18-8-11-6-7-14(16)13(11)9-18;/h10-14H,2-9,16H2,1H3,(H,17,19);1H. The van der Waals surface area contributed by atoms with E-state index in [1.54, 1.807) is 0 Å². The number of amides is 1. The van der Waals surface area contributed by atoms with E-state index in [0.717, 1.165) is 31.8 Å². The van der Waals surface area contributed by atoms with Gasteiger partial charge in [0, 0.05) is 25.2 Å². The van der Waals surface area contributed by atoms with Gasteiger partial charge in [0.1, 0.15) is 0 Å². The lowest BCUT2D eigenvalue weighted by molar-refractivity contribution is -0.126. The Labute approximate surface area is 128 Å². The molecule has 1 aliphatic heterocycles. The van der Waals surface area contributed by atoms with Crippen LogP contribution in [-0.4, -0.2) is 42.0 Å². The van der Waals surface area contributed by atoms with Crippen molar-refractivity contribution in [3.8, 4) is 0 Å². The summed E-state index contributed by atoms with van der Waals surface area (Å²) in [6.07, 6.45) is 7.28. The monoisotopic (exact) mass is 301 g/mol. The van der Waals surface area contributed by atoms with E-state index in [2.05, 4.69) is 17.1 Å². The topological polar surface area (TPSA) is 58.4 Å². The highest BCUT2D eigenvalue weighted by Gasteiger charge is 2.43. The Morgan fingerprint density at radius 2 is 1.90 bits per heavy atom. The summed E-state index contributed by atoms with van der Waals surface area (Å²) in [6.45, 7) is 4.14. The summed E-state index contributed by atoms with van der Waals surface area (Å²) < 4.78 is 0. The molecule has 0 aromatic rings. The molecular formula is C15H28ClN3O. The van der Waals surface area contributed by atoms with Crippen molar-refractivity contribution < 1.29 is 4.79 Å². The first-order valence-corrected chi connectivity index (χ1v) is 7.95. The number of rotatable bonds is 3. The van der Waals surface area contributed by atoms with Gasteiger partial charge in [-0.3, -0.25) is 9.69 Å². The number of nitrogens with one attached hydrogen (secondary N) is 1. The zero-order valence-corrected chi connectivity index (χ0v) is 13.2. The number of likely N-dealkylation sites (tertiary alicyclic amines) is 1. The predicted octanol–water partition coefficient (Wildman–Crippen LogP) is 1.52. The first kappa shape index (κ1) is 16.1. The number of fused-ring (bicyclic) bond motifs is 1. The Balaban J connectivity index is 0.00000147. The molecule has 3 N–H and O–H groups in total. The number of carbonyl (C=O) groups is 1. The third kappa shape index (κ3) is 3.12. The summed E-state index contributed by atoms with van der Waals surface area (Å²) in [4.78, 5) is 14.6. The molecule has 4 atom stereocenters. The number of carbonyl (C=O) groups excluding carboxylic acids is 1. The van der Waals surface area contributed by atoms with Crippen LogP contribution in [0.3, 0.4) is 0 Å². The highest BCUT2D eigenvalue weighted by Crippen LogP contribution is 2.37. The van der Waals surface area contributed by atoms with Gasteiger partial charge < -0.3 is 11.1 Å². The molecule has 20 heavy (non-hydrogen) atoms. The normalized spacial score (nSPS) is 35.6. The maximum Gasteiger partial charge on any atom is 0.237 e. The van der Waals surface area contributed by atoms with E-state index < -0.39 is 0 Å². The van der Waals surface area contributed by atoms with Crippen LogP contribution in [0.15, 0.2) is 0 Å². The molecule has 4 nitrogen and oxygen atoms in total. The molecule has 116 valence electrons. The van der Waals surface area contributed by atoms with Gasteiger partial charge in [-0.25, -0.2) is 0 Å². The van der Waals surface area contributed by atoms with Gasteiger partial charge in [0.15, 0.2) is 0 Å². The minimum Gasteiger partial charge on any atom is -0.352 e. The fourth-order valence-corrected chi connectivity index (χ4v) is 4.22. The summed E-state index contributed by atoms with van der Waals surface area (Å²) >= 11 is 0. The van der Waals surface area contributed by atoms with Gasteiger partial charge in [-0.2, -0.15) is 0 Å². The number of halogens is 1. The SMILES string of the molecule is CC(C(=O)NC1CCCC1)N1CC2CCC(N)C2C1.Cl. The minimum atomic E-state index is 0. The molecule has 0 radical (unpaired) electrons. The zero-order chi connectivity index (χ0) is 13.4. The summed E-state index contributed by atoms with van der Waals surface area (Å²) in [5.74, 6) is 1.58. The zero-order valence-electron chi connectivity index (χ0n) is 12.4. The lowest BCUT2D eigenvalue weighted by Crippen LogP contribution is -2.47. The largest absolute Gasteiger partial charge is 0.352 e. The van der Waals surface area contributed by atoms with Crippen LogP contribution in [0.25, 0.3) is 0 Å². The smallest absolute Gasteiger partial charge is 0.237 e. The van der Waals surface area contributed by atoms with Crippen molar-refractivity contribution in [3.63, 3.8) is 0 Å². The van der Waals surface area contributed by atoms with Crippen LogP contribution in [-0.2, 0) is 4.79 Å². The molecular weight excluding hydrogens is 274 g/mol. The average Bonchev–Trinajstić information content (AvgIpc) is 3.08. The van der Waals surface area contributed by atoms with Crippen LogP contribution in [0.5, 0.6) is 0 Å². The van der Waals surface area contributed by atoms with E-state index in [-0.39, 0.29) is 24.4 Å². The van der Waals surface area contributed by atoms with E-state index in [1.807, 2.05) is 0 Å². The summed E-state index contributed by atoms with van der Waals surface area (Å²) in [7, 11) is 0. The van der Waals surface area contributed by atoms with Crippen LogP contribution in [0, 0.1) is 11.8 Å². The second kappa shape index (κ2) is 6.63. The summed E-state index contributed by atoms with van der Waals surface area (Å²) in [5, 5.41) is 3.22. The Morgan fingerprint density at radius 3 is 2.55 bits per heavy atom. The quantitative estimate of drug-likeness (QED) is 0.831. The van der Waals surface area contributed by atoms with Crippen molar-refractivity contribution in [3.05, 3.63) is 0 Å². The predicted molar refractivity (Wildman–Crippen MR) is 82.9 cm³/mol. The number of hydrogen-bond acceptors (Lipinski definition) is 3. The summed E-state index contributed by atoms with van der Waals surface area (Å²) in [6, 6.07) is 0.804. The molecule has 1 amide bonds. The van der Waals surface area contributed by atoms with Crippen molar-refractivity contribution in [2.24, 2.45) is 17.6 Å². The Hall–Kier alpha value is -0.320. The number of hydrogen-bond donors (Lipinski definition) is 2. The Kier molecular flexibility index (Phi) is 5.32. The molecule has 1 heterocycles. The van der Waals surface area contributed by atoms with Gasteiger partial charge in [-0.05, 0) is 44.4 Å². The van der Waals surface area contributed by atoms with E-state index >= 15 is 0 Å². The van der Waals surface area contributed by atoms with Gasteiger partial charge in [0.2, 0.25) is 5.91 Å². The lowest BCUT2D eigenvalue weighted by Gasteiger charge is -2.26. The lowest BCUT2D eigenvalue weighted by atomic mass is 9.98.